The van der Waals surface area contributed by atoms with E-state index in [-0.39, 0.29) is 24.0 Å². The van der Waals surface area contributed by atoms with Gasteiger partial charge in [-0.25, -0.2) is 4.99 Å². The van der Waals surface area contributed by atoms with Gasteiger partial charge in [-0.1, -0.05) is 35.7 Å². The van der Waals surface area contributed by atoms with E-state index in [9.17, 15) is 0 Å². The molecule has 98 valence electrons. The molecule has 1 aromatic carbocycles. The standard InChI is InChI=1S/C14H19N3.HI/c1-4-9-16-14(15-5-2)17-11-13-8-6-7-12(3)10-13;/h1,6-8,10H,5,9,11H2,2-3H3,(H2,15,16,17);1H. The van der Waals surface area contributed by atoms with Gasteiger partial charge in [-0.15, -0.1) is 30.4 Å². The topological polar surface area (TPSA) is 36.4 Å². The number of hydrogen-bond donors (Lipinski definition) is 2. The summed E-state index contributed by atoms with van der Waals surface area (Å²) in [6.45, 7) is 6.07. The van der Waals surface area contributed by atoms with Crippen LogP contribution in [0.5, 0.6) is 0 Å². The predicted molar refractivity (Wildman–Crippen MR) is 88.2 cm³/mol. The average molecular weight is 357 g/mol. The van der Waals surface area contributed by atoms with Gasteiger partial charge in [0, 0.05) is 6.54 Å². The minimum Gasteiger partial charge on any atom is -0.357 e. The van der Waals surface area contributed by atoms with Crippen LogP contribution in [0.1, 0.15) is 18.1 Å². The van der Waals surface area contributed by atoms with Crippen molar-refractivity contribution in [2.45, 2.75) is 20.4 Å². The molecule has 0 aliphatic heterocycles. The monoisotopic (exact) mass is 357 g/mol. The lowest BCUT2D eigenvalue weighted by molar-refractivity contribution is 0.865. The van der Waals surface area contributed by atoms with Crippen LogP contribution in [0.2, 0.25) is 0 Å². The van der Waals surface area contributed by atoms with Gasteiger partial charge in [0.2, 0.25) is 0 Å². The summed E-state index contributed by atoms with van der Waals surface area (Å²) in [7, 11) is 0. The highest BCUT2D eigenvalue weighted by Crippen LogP contribution is 2.04. The van der Waals surface area contributed by atoms with Gasteiger partial charge >= 0.3 is 0 Å². The Bertz CT molecular complexity index is 421. The van der Waals surface area contributed by atoms with E-state index < -0.39 is 0 Å². The number of aryl methyl sites for hydroxylation is 1. The summed E-state index contributed by atoms with van der Waals surface area (Å²) in [6, 6.07) is 8.33. The molecule has 18 heavy (non-hydrogen) atoms. The van der Waals surface area contributed by atoms with Crippen molar-refractivity contribution in [2.24, 2.45) is 4.99 Å². The number of halogens is 1. The summed E-state index contributed by atoms with van der Waals surface area (Å²) in [5.74, 6) is 3.29. The first-order valence-electron chi connectivity index (χ1n) is 5.77. The minimum atomic E-state index is 0. The van der Waals surface area contributed by atoms with Crippen LogP contribution in [0.25, 0.3) is 0 Å². The Morgan fingerprint density at radius 3 is 2.78 bits per heavy atom. The van der Waals surface area contributed by atoms with Gasteiger partial charge in [-0.2, -0.15) is 0 Å². The molecule has 0 spiro atoms. The third-order valence-electron chi connectivity index (χ3n) is 2.20. The first-order chi connectivity index (χ1) is 8.26. The van der Waals surface area contributed by atoms with Crippen molar-refractivity contribution in [3.8, 4) is 12.3 Å². The second-order valence-electron chi connectivity index (χ2n) is 3.74. The maximum Gasteiger partial charge on any atom is 0.192 e. The fourth-order valence-electron chi connectivity index (χ4n) is 1.46. The number of rotatable bonds is 4. The Morgan fingerprint density at radius 2 is 2.17 bits per heavy atom. The normalized spacial score (nSPS) is 10.2. The highest BCUT2D eigenvalue weighted by molar-refractivity contribution is 14.0. The lowest BCUT2D eigenvalue weighted by atomic mass is 10.1. The summed E-state index contributed by atoms with van der Waals surface area (Å²) in [5, 5.41) is 6.20. The zero-order valence-corrected chi connectivity index (χ0v) is 13.2. The van der Waals surface area contributed by atoms with E-state index in [4.69, 9.17) is 6.42 Å². The van der Waals surface area contributed by atoms with Crippen molar-refractivity contribution in [3.05, 3.63) is 35.4 Å². The highest BCUT2D eigenvalue weighted by atomic mass is 127. The third kappa shape index (κ3) is 6.50. The molecule has 4 heteroatoms. The van der Waals surface area contributed by atoms with Gasteiger partial charge in [0.1, 0.15) is 0 Å². The van der Waals surface area contributed by atoms with Crippen molar-refractivity contribution < 1.29 is 0 Å². The molecule has 3 nitrogen and oxygen atoms in total. The van der Waals surface area contributed by atoms with Crippen LogP contribution in [0.4, 0.5) is 0 Å². The quantitative estimate of drug-likeness (QED) is 0.376. The number of hydrogen-bond acceptors (Lipinski definition) is 1. The Morgan fingerprint density at radius 1 is 1.39 bits per heavy atom. The molecule has 1 aromatic rings. The molecule has 2 N–H and O–H groups in total. The van der Waals surface area contributed by atoms with E-state index in [2.05, 4.69) is 46.7 Å². The van der Waals surface area contributed by atoms with E-state index in [0.717, 1.165) is 12.5 Å². The predicted octanol–water partition coefficient (Wildman–Crippen LogP) is 2.30. The third-order valence-corrected chi connectivity index (χ3v) is 2.20. The highest BCUT2D eigenvalue weighted by Gasteiger charge is 1.96. The molecule has 0 heterocycles. The number of guanidine groups is 1. The van der Waals surface area contributed by atoms with Gasteiger partial charge in [0.25, 0.3) is 0 Å². The number of nitrogens with zero attached hydrogens (tertiary/aromatic N) is 1. The van der Waals surface area contributed by atoms with Gasteiger partial charge in [-0.3, -0.25) is 0 Å². The van der Waals surface area contributed by atoms with Crippen LogP contribution in [-0.2, 0) is 6.54 Å². The second kappa shape index (κ2) is 9.77. The maximum atomic E-state index is 5.20. The first kappa shape index (κ1) is 16.8. The second-order valence-corrected chi connectivity index (χ2v) is 3.74. The molecule has 0 bridgehead atoms. The Hall–Kier alpha value is -1.22. The van der Waals surface area contributed by atoms with E-state index in [0.29, 0.717) is 13.1 Å². The summed E-state index contributed by atoms with van der Waals surface area (Å²) in [5.41, 5.74) is 2.45. The van der Waals surface area contributed by atoms with Crippen molar-refractivity contribution in [3.63, 3.8) is 0 Å². The summed E-state index contributed by atoms with van der Waals surface area (Å²) < 4.78 is 0. The van der Waals surface area contributed by atoms with Crippen molar-refractivity contribution in [2.75, 3.05) is 13.1 Å². The van der Waals surface area contributed by atoms with Crippen LogP contribution in [0.15, 0.2) is 29.3 Å². The van der Waals surface area contributed by atoms with E-state index in [1.807, 2.05) is 13.0 Å². The molecule has 0 fully saturated rings. The molecule has 0 aliphatic rings. The average Bonchev–Trinajstić information content (AvgIpc) is 2.33. The van der Waals surface area contributed by atoms with Crippen LogP contribution < -0.4 is 10.6 Å². The van der Waals surface area contributed by atoms with Crippen LogP contribution >= 0.6 is 24.0 Å². The van der Waals surface area contributed by atoms with Gasteiger partial charge < -0.3 is 10.6 Å². The molecule has 0 aromatic heterocycles. The largest absolute Gasteiger partial charge is 0.357 e. The van der Waals surface area contributed by atoms with Crippen LogP contribution in [0, 0.1) is 19.3 Å². The lowest BCUT2D eigenvalue weighted by Crippen LogP contribution is -2.37. The zero-order valence-electron chi connectivity index (χ0n) is 10.9. The molecule has 0 saturated carbocycles. The fraction of sp³-hybridized carbons (Fsp3) is 0.357. The SMILES string of the molecule is C#CCNC(=NCc1cccc(C)c1)NCC.I. The summed E-state index contributed by atoms with van der Waals surface area (Å²) in [6.07, 6.45) is 5.20. The number of aliphatic imine (C=N–C) groups is 1. The summed E-state index contributed by atoms with van der Waals surface area (Å²) >= 11 is 0. The summed E-state index contributed by atoms with van der Waals surface area (Å²) in [4.78, 5) is 4.46. The first-order valence-corrected chi connectivity index (χ1v) is 5.77. The molecule has 0 saturated heterocycles. The van der Waals surface area contributed by atoms with Crippen molar-refractivity contribution >= 4 is 29.9 Å². The van der Waals surface area contributed by atoms with Crippen LogP contribution in [-0.4, -0.2) is 19.0 Å². The molecule has 0 unspecified atom stereocenters. The van der Waals surface area contributed by atoms with Crippen LogP contribution in [0.3, 0.4) is 0 Å². The molecule has 0 atom stereocenters. The molecular weight excluding hydrogens is 337 g/mol. The van der Waals surface area contributed by atoms with E-state index >= 15 is 0 Å². The smallest absolute Gasteiger partial charge is 0.192 e. The molecule has 0 aliphatic carbocycles. The Balaban J connectivity index is 0.00000289. The number of benzene rings is 1. The fourth-order valence-corrected chi connectivity index (χ4v) is 1.46. The molecule has 0 amide bonds. The Kier molecular flexibility index (Phi) is 9.11. The van der Waals surface area contributed by atoms with Gasteiger partial charge in [0.05, 0.1) is 13.1 Å². The molecular formula is C14H20IN3. The molecule has 0 radical (unpaired) electrons. The van der Waals surface area contributed by atoms with Gasteiger partial charge in [-0.05, 0) is 19.4 Å². The number of terminal acetylenes is 1. The lowest BCUT2D eigenvalue weighted by Gasteiger charge is -2.08. The van der Waals surface area contributed by atoms with Gasteiger partial charge in [0.15, 0.2) is 5.96 Å². The zero-order chi connectivity index (χ0) is 12.5. The van der Waals surface area contributed by atoms with Crippen molar-refractivity contribution in [1.82, 2.24) is 10.6 Å². The Labute approximate surface area is 126 Å². The van der Waals surface area contributed by atoms with E-state index in [1.165, 1.54) is 11.1 Å². The van der Waals surface area contributed by atoms with E-state index in [1.54, 1.807) is 0 Å². The van der Waals surface area contributed by atoms with Crippen molar-refractivity contribution in [1.29, 1.82) is 0 Å². The molecule has 1 rings (SSSR count). The minimum absolute atomic E-state index is 0. The maximum absolute atomic E-state index is 5.20. The number of nitrogens with one attached hydrogen (secondary N) is 2.